The minimum atomic E-state index is -1.02. The van der Waals surface area contributed by atoms with Crippen LogP contribution in [-0.4, -0.2) is 21.4 Å². The van der Waals surface area contributed by atoms with Crippen molar-refractivity contribution < 1.29 is 10.2 Å². The van der Waals surface area contributed by atoms with Crippen molar-refractivity contribution in [3.63, 3.8) is 0 Å². The molecule has 0 aromatic rings. The van der Waals surface area contributed by atoms with Crippen molar-refractivity contribution in [1.29, 1.82) is 0 Å². The molecule has 0 bridgehead atoms. The molecule has 1 atom stereocenters. The highest BCUT2D eigenvalue weighted by Gasteiger charge is 2.37. The maximum atomic E-state index is 9.77. The van der Waals surface area contributed by atoms with Gasteiger partial charge in [0.1, 0.15) is 0 Å². The predicted octanol–water partition coefficient (Wildman–Crippen LogP) is 1.55. The Hall–Kier alpha value is -0.0800. The largest absolute Gasteiger partial charge is 0.387 e. The van der Waals surface area contributed by atoms with Crippen LogP contribution in [0.25, 0.3) is 0 Å². The summed E-state index contributed by atoms with van der Waals surface area (Å²) < 4.78 is 0. The van der Waals surface area contributed by atoms with Crippen LogP contribution in [0.3, 0.4) is 0 Å². The predicted molar refractivity (Wildman–Crippen MR) is 46.4 cm³/mol. The second-order valence-electron chi connectivity index (χ2n) is 4.43. The van der Waals surface area contributed by atoms with E-state index in [4.69, 9.17) is 0 Å². The van der Waals surface area contributed by atoms with E-state index in [-0.39, 0.29) is 0 Å². The van der Waals surface area contributed by atoms with Crippen LogP contribution < -0.4 is 0 Å². The van der Waals surface area contributed by atoms with E-state index in [0.29, 0.717) is 12.3 Å². The Labute approximate surface area is 69.2 Å². The van der Waals surface area contributed by atoms with E-state index in [1.807, 2.05) is 13.8 Å². The van der Waals surface area contributed by atoms with Crippen LogP contribution in [0.1, 0.15) is 41.0 Å². The van der Waals surface area contributed by atoms with Gasteiger partial charge in [-0.05, 0) is 33.1 Å². The van der Waals surface area contributed by atoms with E-state index in [1.54, 1.807) is 20.8 Å². The van der Waals surface area contributed by atoms with Gasteiger partial charge in [-0.15, -0.1) is 0 Å². The smallest absolute Gasteiger partial charge is 0.0902 e. The van der Waals surface area contributed by atoms with Crippen LogP contribution in [-0.2, 0) is 0 Å². The van der Waals surface area contributed by atoms with Gasteiger partial charge in [0, 0.05) is 0 Å². The van der Waals surface area contributed by atoms with Crippen LogP contribution >= 0.6 is 0 Å². The first-order valence-corrected chi connectivity index (χ1v) is 4.11. The lowest BCUT2D eigenvalue weighted by molar-refractivity contribution is -0.129. The average Bonchev–Trinajstić information content (AvgIpc) is 1.56. The van der Waals surface area contributed by atoms with Crippen LogP contribution in [0.4, 0.5) is 0 Å². The topological polar surface area (TPSA) is 40.5 Å². The summed E-state index contributed by atoms with van der Waals surface area (Å²) in [5, 5.41) is 19.3. The Bertz CT molecular complexity index is 120. The van der Waals surface area contributed by atoms with E-state index >= 15 is 0 Å². The van der Waals surface area contributed by atoms with Gasteiger partial charge in [-0.3, -0.25) is 0 Å². The zero-order valence-corrected chi connectivity index (χ0v) is 8.18. The average molecular weight is 160 g/mol. The van der Waals surface area contributed by atoms with Gasteiger partial charge in [-0.25, -0.2) is 0 Å². The van der Waals surface area contributed by atoms with Crippen LogP contribution in [0.15, 0.2) is 0 Å². The molecular weight excluding hydrogens is 140 g/mol. The van der Waals surface area contributed by atoms with E-state index < -0.39 is 11.2 Å². The molecule has 0 aromatic heterocycles. The monoisotopic (exact) mass is 160 g/mol. The first-order chi connectivity index (χ1) is 4.67. The van der Waals surface area contributed by atoms with Gasteiger partial charge in [-0.1, -0.05) is 13.8 Å². The van der Waals surface area contributed by atoms with Gasteiger partial charge in [0.25, 0.3) is 0 Å². The standard InChI is InChI=1S/C9H20O2/c1-7(2)6-9(5,11)8(3,4)10/h7,10-11H,6H2,1-5H3/t9-/m1/s1. The molecule has 0 unspecified atom stereocenters. The van der Waals surface area contributed by atoms with Crippen LogP contribution in [0, 0.1) is 5.92 Å². The summed E-state index contributed by atoms with van der Waals surface area (Å²) in [5.41, 5.74) is -2.00. The van der Waals surface area contributed by atoms with Gasteiger partial charge in [-0.2, -0.15) is 0 Å². The number of hydrogen-bond donors (Lipinski definition) is 2. The van der Waals surface area contributed by atoms with E-state index in [2.05, 4.69) is 0 Å². The van der Waals surface area contributed by atoms with Crippen molar-refractivity contribution in [1.82, 2.24) is 0 Å². The minimum absolute atomic E-state index is 0.399. The van der Waals surface area contributed by atoms with Crippen LogP contribution in [0.2, 0.25) is 0 Å². The second kappa shape index (κ2) is 3.11. The summed E-state index contributed by atoms with van der Waals surface area (Å²) in [6.07, 6.45) is 0.622. The maximum absolute atomic E-state index is 9.77. The molecule has 68 valence electrons. The van der Waals surface area contributed by atoms with E-state index in [9.17, 15) is 10.2 Å². The summed E-state index contributed by atoms with van der Waals surface area (Å²) in [7, 11) is 0. The summed E-state index contributed by atoms with van der Waals surface area (Å²) in [4.78, 5) is 0. The Kier molecular flexibility index (Phi) is 3.09. The molecule has 0 radical (unpaired) electrons. The fourth-order valence-electron chi connectivity index (χ4n) is 1.04. The summed E-state index contributed by atoms with van der Waals surface area (Å²) in [5.74, 6) is 0.399. The zero-order chi connectivity index (χ0) is 9.28. The third-order valence-electron chi connectivity index (χ3n) is 2.12. The molecule has 2 nitrogen and oxygen atoms in total. The quantitative estimate of drug-likeness (QED) is 0.657. The molecule has 2 heteroatoms. The third kappa shape index (κ3) is 3.21. The molecule has 11 heavy (non-hydrogen) atoms. The zero-order valence-electron chi connectivity index (χ0n) is 8.18. The fraction of sp³-hybridized carbons (Fsp3) is 1.00. The van der Waals surface area contributed by atoms with Crippen molar-refractivity contribution in [3.8, 4) is 0 Å². The molecule has 0 rings (SSSR count). The molecular formula is C9H20O2. The highest BCUT2D eigenvalue weighted by Crippen LogP contribution is 2.27. The second-order valence-corrected chi connectivity index (χ2v) is 4.43. The van der Waals surface area contributed by atoms with E-state index in [1.165, 1.54) is 0 Å². The molecule has 0 aromatic carbocycles. The van der Waals surface area contributed by atoms with Gasteiger partial charge >= 0.3 is 0 Å². The molecule has 0 heterocycles. The van der Waals surface area contributed by atoms with Crippen molar-refractivity contribution >= 4 is 0 Å². The Morgan fingerprint density at radius 1 is 1.09 bits per heavy atom. The normalized spacial score (nSPS) is 18.5. The van der Waals surface area contributed by atoms with Crippen molar-refractivity contribution in [2.24, 2.45) is 5.92 Å². The molecule has 0 spiro atoms. The molecule has 0 fully saturated rings. The lowest BCUT2D eigenvalue weighted by Crippen LogP contribution is -2.48. The minimum Gasteiger partial charge on any atom is -0.387 e. The van der Waals surface area contributed by atoms with Crippen LogP contribution in [0.5, 0.6) is 0 Å². The lowest BCUT2D eigenvalue weighted by atomic mass is 9.81. The molecule has 0 aliphatic carbocycles. The number of hydrogen-bond acceptors (Lipinski definition) is 2. The molecule has 0 amide bonds. The fourth-order valence-corrected chi connectivity index (χ4v) is 1.04. The van der Waals surface area contributed by atoms with Gasteiger partial charge < -0.3 is 10.2 Å². The van der Waals surface area contributed by atoms with Gasteiger partial charge in [0.05, 0.1) is 11.2 Å². The van der Waals surface area contributed by atoms with E-state index in [0.717, 1.165) is 0 Å². The lowest BCUT2D eigenvalue weighted by Gasteiger charge is -2.36. The Morgan fingerprint density at radius 2 is 1.45 bits per heavy atom. The Balaban J connectivity index is 4.22. The maximum Gasteiger partial charge on any atom is 0.0902 e. The van der Waals surface area contributed by atoms with Crippen molar-refractivity contribution in [3.05, 3.63) is 0 Å². The first kappa shape index (κ1) is 10.9. The SMILES string of the molecule is CC(C)C[C@@](C)(O)C(C)(C)O. The molecule has 0 aliphatic rings. The summed E-state index contributed by atoms with van der Waals surface area (Å²) in [6, 6.07) is 0. The molecule has 0 saturated heterocycles. The number of rotatable bonds is 3. The van der Waals surface area contributed by atoms with Gasteiger partial charge in [0.15, 0.2) is 0 Å². The molecule has 0 saturated carbocycles. The summed E-state index contributed by atoms with van der Waals surface area (Å²) >= 11 is 0. The third-order valence-corrected chi connectivity index (χ3v) is 2.12. The van der Waals surface area contributed by atoms with Crippen molar-refractivity contribution in [2.75, 3.05) is 0 Å². The highest BCUT2D eigenvalue weighted by atomic mass is 16.3. The number of aliphatic hydroxyl groups is 2. The summed E-state index contributed by atoms with van der Waals surface area (Å²) in [6.45, 7) is 9.00. The van der Waals surface area contributed by atoms with Gasteiger partial charge in [0.2, 0.25) is 0 Å². The Morgan fingerprint density at radius 3 is 1.55 bits per heavy atom. The molecule has 0 aliphatic heterocycles. The van der Waals surface area contributed by atoms with Crippen molar-refractivity contribution in [2.45, 2.75) is 52.2 Å². The molecule has 2 N–H and O–H groups in total. The highest BCUT2D eigenvalue weighted by molar-refractivity contribution is 4.89. The first-order valence-electron chi connectivity index (χ1n) is 4.11.